The van der Waals surface area contributed by atoms with E-state index in [1.54, 1.807) is 20.2 Å². The topological polar surface area (TPSA) is 46.1 Å². The van der Waals surface area contributed by atoms with Crippen LogP contribution in [0.15, 0.2) is 6.07 Å². The standard InChI is InChI=1S/C10H15N3O/c1-5-9-11-7(2)6-8(12-9)10(14)13(3)4/h6H,5H2,1-4H3. The van der Waals surface area contributed by atoms with Crippen molar-refractivity contribution in [1.29, 1.82) is 0 Å². The number of hydrogen-bond donors (Lipinski definition) is 0. The third kappa shape index (κ3) is 2.28. The summed E-state index contributed by atoms with van der Waals surface area (Å²) in [5, 5.41) is 0. The van der Waals surface area contributed by atoms with Gasteiger partial charge in [0.1, 0.15) is 11.5 Å². The molecule has 0 unspecified atom stereocenters. The Morgan fingerprint density at radius 2 is 2.07 bits per heavy atom. The molecule has 0 fully saturated rings. The molecule has 0 atom stereocenters. The lowest BCUT2D eigenvalue weighted by atomic mass is 10.3. The average Bonchev–Trinajstić information content (AvgIpc) is 2.15. The van der Waals surface area contributed by atoms with Gasteiger partial charge in [0, 0.05) is 26.2 Å². The number of hydrogen-bond acceptors (Lipinski definition) is 3. The summed E-state index contributed by atoms with van der Waals surface area (Å²) in [4.78, 5) is 21.5. The Morgan fingerprint density at radius 3 is 2.57 bits per heavy atom. The summed E-state index contributed by atoms with van der Waals surface area (Å²) in [7, 11) is 3.43. The lowest BCUT2D eigenvalue weighted by Gasteiger charge is -2.10. The number of aromatic nitrogens is 2. The van der Waals surface area contributed by atoms with Gasteiger partial charge in [-0.2, -0.15) is 0 Å². The van der Waals surface area contributed by atoms with Gasteiger partial charge in [-0.15, -0.1) is 0 Å². The molecule has 76 valence electrons. The molecule has 0 saturated heterocycles. The van der Waals surface area contributed by atoms with Gasteiger partial charge in [0.05, 0.1) is 0 Å². The molecule has 1 rings (SSSR count). The minimum absolute atomic E-state index is 0.0785. The van der Waals surface area contributed by atoms with Crippen molar-refractivity contribution in [2.45, 2.75) is 20.3 Å². The van der Waals surface area contributed by atoms with Gasteiger partial charge in [-0.3, -0.25) is 4.79 Å². The van der Waals surface area contributed by atoms with Gasteiger partial charge < -0.3 is 4.90 Å². The molecule has 0 aromatic carbocycles. The molecule has 0 saturated carbocycles. The Labute approximate surface area is 84.0 Å². The molecule has 0 aliphatic rings. The molecule has 0 radical (unpaired) electrons. The van der Waals surface area contributed by atoms with Gasteiger partial charge in [0.2, 0.25) is 0 Å². The summed E-state index contributed by atoms with van der Waals surface area (Å²) in [6, 6.07) is 1.71. The highest BCUT2D eigenvalue weighted by molar-refractivity contribution is 5.91. The van der Waals surface area contributed by atoms with Gasteiger partial charge in [-0.1, -0.05) is 6.92 Å². The molecule has 1 amide bonds. The van der Waals surface area contributed by atoms with Crippen LogP contribution in [0.5, 0.6) is 0 Å². The number of carbonyl (C=O) groups excluding carboxylic acids is 1. The van der Waals surface area contributed by atoms with Crippen LogP contribution in [0, 0.1) is 6.92 Å². The van der Waals surface area contributed by atoms with Crippen LogP contribution in [0.1, 0.15) is 28.9 Å². The van der Waals surface area contributed by atoms with Crippen molar-refractivity contribution in [3.63, 3.8) is 0 Å². The fourth-order valence-electron chi connectivity index (χ4n) is 1.13. The predicted molar refractivity (Wildman–Crippen MR) is 54.2 cm³/mol. The SMILES string of the molecule is CCc1nc(C)cc(C(=O)N(C)C)n1. The minimum Gasteiger partial charge on any atom is -0.343 e. The Morgan fingerprint density at radius 1 is 1.43 bits per heavy atom. The van der Waals surface area contributed by atoms with Crippen molar-refractivity contribution >= 4 is 5.91 Å². The third-order valence-electron chi connectivity index (χ3n) is 1.84. The molecule has 4 nitrogen and oxygen atoms in total. The highest BCUT2D eigenvalue weighted by Gasteiger charge is 2.11. The van der Waals surface area contributed by atoms with Crippen LogP contribution in [-0.4, -0.2) is 34.9 Å². The van der Waals surface area contributed by atoms with Crippen molar-refractivity contribution in [3.05, 3.63) is 23.3 Å². The molecule has 0 aliphatic heterocycles. The Bertz CT molecular complexity index is 347. The summed E-state index contributed by atoms with van der Waals surface area (Å²) in [5.74, 6) is 0.639. The zero-order valence-corrected chi connectivity index (χ0v) is 9.03. The third-order valence-corrected chi connectivity index (χ3v) is 1.84. The number of amides is 1. The van der Waals surface area contributed by atoms with Gasteiger partial charge in [-0.25, -0.2) is 9.97 Å². The molecule has 0 bridgehead atoms. The van der Waals surface area contributed by atoms with Crippen LogP contribution in [0.2, 0.25) is 0 Å². The number of nitrogens with zero attached hydrogens (tertiary/aromatic N) is 3. The molecule has 1 heterocycles. The normalized spacial score (nSPS) is 10.0. The van der Waals surface area contributed by atoms with Crippen LogP contribution in [0.25, 0.3) is 0 Å². The Kier molecular flexibility index (Phi) is 3.17. The zero-order valence-electron chi connectivity index (χ0n) is 9.03. The number of aryl methyl sites for hydroxylation is 2. The van der Waals surface area contributed by atoms with E-state index in [2.05, 4.69) is 9.97 Å². The van der Waals surface area contributed by atoms with Crippen molar-refractivity contribution in [3.8, 4) is 0 Å². The molecule has 0 aliphatic carbocycles. The van der Waals surface area contributed by atoms with Crippen LogP contribution < -0.4 is 0 Å². The summed E-state index contributed by atoms with van der Waals surface area (Å²) in [6.45, 7) is 3.84. The van der Waals surface area contributed by atoms with E-state index >= 15 is 0 Å². The van der Waals surface area contributed by atoms with Crippen molar-refractivity contribution in [2.24, 2.45) is 0 Å². The molecule has 1 aromatic heterocycles. The van der Waals surface area contributed by atoms with E-state index in [-0.39, 0.29) is 5.91 Å². The van der Waals surface area contributed by atoms with E-state index < -0.39 is 0 Å². The summed E-state index contributed by atoms with van der Waals surface area (Å²) < 4.78 is 0. The van der Waals surface area contributed by atoms with Crippen molar-refractivity contribution in [1.82, 2.24) is 14.9 Å². The highest BCUT2D eigenvalue weighted by atomic mass is 16.2. The van der Waals surface area contributed by atoms with Crippen molar-refractivity contribution < 1.29 is 4.79 Å². The molecular formula is C10H15N3O. The first-order valence-electron chi connectivity index (χ1n) is 4.60. The predicted octanol–water partition coefficient (Wildman–Crippen LogP) is 1.05. The fraction of sp³-hybridized carbons (Fsp3) is 0.500. The summed E-state index contributed by atoms with van der Waals surface area (Å²) in [5.41, 5.74) is 1.31. The first-order valence-corrected chi connectivity index (χ1v) is 4.60. The van der Waals surface area contributed by atoms with Gasteiger partial charge in [-0.05, 0) is 13.0 Å². The second-order valence-corrected chi connectivity index (χ2v) is 3.36. The minimum atomic E-state index is -0.0785. The van der Waals surface area contributed by atoms with Gasteiger partial charge in [0.15, 0.2) is 0 Å². The van der Waals surface area contributed by atoms with E-state index in [0.717, 1.165) is 17.9 Å². The fourth-order valence-corrected chi connectivity index (χ4v) is 1.13. The maximum atomic E-state index is 11.6. The van der Waals surface area contributed by atoms with Gasteiger partial charge >= 0.3 is 0 Å². The molecule has 1 aromatic rings. The molecule has 0 spiro atoms. The van der Waals surface area contributed by atoms with Crippen molar-refractivity contribution in [2.75, 3.05) is 14.1 Å². The van der Waals surface area contributed by atoms with E-state index in [9.17, 15) is 4.79 Å². The largest absolute Gasteiger partial charge is 0.343 e. The second kappa shape index (κ2) is 4.17. The Balaban J connectivity index is 3.09. The second-order valence-electron chi connectivity index (χ2n) is 3.36. The average molecular weight is 193 g/mol. The zero-order chi connectivity index (χ0) is 10.7. The lowest BCUT2D eigenvalue weighted by Crippen LogP contribution is -2.23. The Hall–Kier alpha value is -1.45. The lowest BCUT2D eigenvalue weighted by molar-refractivity contribution is 0.0821. The number of carbonyl (C=O) groups is 1. The molecule has 4 heteroatoms. The summed E-state index contributed by atoms with van der Waals surface area (Å²) in [6.07, 6.45) is 0.745. The highest BCUT2D eigenvalue weighted by Crippen LogP contribution is 2.03. The molecule has 14 heavy (non-hydrogen) atoms. The van der Waals surface area contributed by atoms with Crippen LogP contribution in [0.3, 0.4) is 0 Å². The maximum absolute atomic E-state index is 11.6. The molecular weight excluding hydrogens is 178 g/mol. The first kappa shape index (κ1) is 10.6. The van der Waals surface area contributed by atoms with E-state index in [1.165, 1.54) is 4.90 Å². The number of rotatable bonds is 2. The van der Waals surface area contributed by atoms with Crippen LogP contribution >= 0.6 is 0 Å². The maximum Gasteiger partial charge on any atom is 0.272 e. The van der Waals surface area contributed by atoms with E-state index in [1.807, 2.05) is 13.8 Å². The quantitative estimate of drug-likeness (QED) is 0.705. The van der Waals surface area contributed by atoms with Crippen LogP contribution in [-0.2, 0) is 6.42 Å². The van der Waals surface area contributed by atoms with E-state index in [0.29, 0.717) is 5.69 Å². The van der Waals surface area contributed by atoms with Crippen LogP contribution in [0.4, 0.5) is 0 Å². The summed E-state index contributed by atoms with van der Waals surface area (Å²) >= 11 is 0. The first-order chi connectivity index (χ1) is 6.54. The molecule has 0 N–H and O–H groups in total. The van der Waals surface area contributed by atoms with Gasteiger partial charge in [0.25, 0.3) is 5.91 Å². The van der Waals surface area contributed by atoms with E-state index in [4.69, 9.17) is 0 Å². The monoisotopic (exact) mass is 193 g/mol. The smallest absolute Gasteiger partial charge is 0.272 e.